The number of carbonyl (C=O) groups excluding carboxylic acids is 2. The van der Waals surface area contributed by atoms with Crippen molar-refractivity contribution in [3.63, 3.8) is 0 Å². The van der Waals surface area contributed by atoms with Gasteiger partial charge in [0.2, 0.25) is 0 Å². The molecule has 1 saturated heterocycles. The summed E-state index contributed by atoms with van der Waals surface area (Å²) in [6, 6.07) is 20.7. The van der Waals surface area contributed by atoms with E-state index >= 15 is 0 Å². The number of aliphatic carboxylic acids is 1. The van der Waals surface area contributed by atoms with Crippen molar-refractivity contribution in [1.82, 2.24) is 10.2 Å². The van der Waals surface area contributed by atoms with Gasteiger partial charge in [0.05, 0.1) is 22.0 Å². The van der Waals surface area contributed by atoms with Crippen LogP contribution in [0.1, 0.15) is 48.0 Å². The molecule has 1 atom stereocenters. The average Bonchev–Trinajstić information content (AvgIpc) is 3.35. The van der Waals surface area contributed by atoms with Gasteiger partial charge in [0.25, 0.3) is 5.91 Å². The highest BCUT2D eigenvalue weighted by Crippen LogP contribution is 2.44. The summed E-state index contributed by atoms with van der Waals surface area (Å²) in [7, 11) is 0. The maximum Gasteiger partial charge on any atom is 0.415 e. The highest BCUT2D eigenvalue weighted by atomic mass is 35.5. The van der Waals surface area contributed by atoms with Crippen molar-refractivity contribution < 1.29 is 24.2 Å². The average molecular weight is 601 g/mol. The maximum absolute atomic E-state index is 13.0. The van der Waals surface area contributed by atoms with Crippen molar-refractivity contribution in [2.45, 2.75) is 50.6 Å². The molecule has 3 N–H and O–H groups in total. The molecule has 1 unspecified atom stereocenters. The third-order valence-electron chi connectivity index (χ3n) is 8.33. The minimum atomic E-state index is -1.16. The Balaban J connectivity index is 1.03. The zero-order valence-corrected chi connectivity index (χ0v) is 24.3. The van der Waals surface area contributed by atoms with Crippen molar-refractivity contribution in [2.24, 2.45) is 0 Å². The Bertz CT molecular complexity index is 1560. The van der Waals surface area contributed by atoms with Crippen LogP contribution in [0.3, 0.4) is 0 Å². The number of anilines is 2. The third kappa shape index (κ3) is 6.17. The second kappa shape index (κ2) is 12.4. The highest BCUT2D eigenvalue weighted by Gasteiger charge is 2.36. The van der Waals surface area contributed by atoms with E-state index < -0.39 is 24.0 Å². The summed E-state index contributed by atoms with van der Waals surface area (Å²) >= 11 is 6.08. The first-order valence-electron chi connectivity index (χ1n) is 14.6. The number of likely N-dealkylation sites (tertiary alicyclic amines) is 1. The van der Waals surface area contributed by atoms with Crippen molar-refractivity contribution >= 4 is 40.9 Å². The van der Waals surface area contributed by atoms with Crippen LogP contribution >= 0.6 is 11.6 Å². The fourth-order valence-electron chi connectivity index (χ4n) is 5.81. The minimum Gasteiger partial charge on any atom is -0.480 e. The van der Waals surface area contributed by atoms with Crippen LogP contribution in [-0.2, 0) is 11.2 Å². The van der Waals surface area contributed by atoms with Gasteiger partial charge in [-0.05, 0) is 79.6 Å². The van der Waals surface area contributed by atoms with E-state index in [1.54, 1.807) is 47.4 Å². The molecule has 0 radical (unpaired) electrons. The quantitative estimate of drug-likeness (QED) is 0.302. The second-order valence-corrected chi connectivity index (χ2v) is 11.5. The largest absolute Gasteiger partial charge is 0.480 e. The van der Waals surface area contributed by atoms with Crippen LogP contribution in [0.15, 0.2) is 84.2 Å². The molecule has 0 aromatic heterocycles. The molecule has 222 valence electrons. The molecule has 0 bridgehead atoms. The van der Waals surface area contributed by atoms with Gasteiger partial charge in [-0.15, -0.1) is 0 Å². The number of carboxylic acid groups (broad SMARTS) is 1. The molecule has 2 heterocycles. The summed E-state index contributed by atoms with van der Waals surface area (Å²) < 4.78 is 5.65. The molecule has 1 aliphatic carbocycles. The molecule has 6 rings (SSSR count). The number of fused-ring (bicyclic) bond motifs is 1. The van der Waals surface area contributed by atoms with Crippen molar-refractivity contribution in [3.8, 4) is 5.75 Å². The van der Waals surface area contributed by atoms with Gasteiger partial charge in [0, 0.05) is 25.6 Å². The van der Waals surface area contributed by atoms with Gasteiger partial charge in [-0.3, -0.25) is 4.79 Å². The second-order valence-electron chi connectivity index (χ2n) is 11.1. The Hall–Kier alpha value is -4.50. The van der Waals surface area contributed by atoms with E-state index in [1.807, 2.05) is 6.07 Å². The topological polar surface area (TPSA) is 111 Å². The van der Waals surface area contributed by atoms with Gasteiger partial charge in [0.1, 0.15) is 17.6 Å². The summed E-state index contributed by atoms with van der Waals surface area (Å²) in [6.45, 7) is 1.18. The van der Waals surface area contributed by atoms with Gasteiger partial charge in [-0.25, -0.2) is 9.59 Å². The first-order valence-corrected chi connectivity index (χ1v) is 15.0. The SMILES string of the molecule is O=C(NC(Cc1ccc(OC(=O)N2CCC(N3C(=C4CCC4)Nc4ccccc43)CC2)cc1)C(=O)O)c1ccccc1Cl. The highest BCUT2D eigenvalue weighted by molar-refractivity contribution is 6.33. The smallest absolute Gasteiger partial charge is 0.415 e. The Morgan fingerprint density at radius 1 is 0.977 bits per heavy atom. The van der Waals surface area contributed by atoms with Gasteiger partial charge >= 0.3 is 12.1 Å². The lowest BCUT2D eigenvalue weighted by Crippen LogP contribution is -2.47. The number of carboxylic acids is 1. The number of ether oxygens (including phenoxy) is 1. The number of hydrogen-bond acceptors (Lipinski definition) is 6. The number of nitrogens with zero attached hydrogens (tertiary/aromatic N) is 2. The summed E-state index contributed by atoms with van der Waals surface area (Å²) in [4.78, 5) is 41.6. The zero-order valence-electron chi connectivity index (χ0n) is 23.6. The van der Waals surface area contributed by atoms with E-state index in [1.165, 1.54) is 29.6 Å². The Labute approximate surface area is 255 Å². The van der Waals surface area contributed by atoms with E-state index in [2.05, 4.69) is 33.7 Å². The zero-order chi connectivity index (χ0) is 29.9. The number of hydrogen-bond donors (Lipinski definition) is 3. The first kappa shape index (κ1) is 28.6. The molecule has 0 spiro atoms. The fraction of sp³-hybridized carbons (Fsp3) is 0.303. The minimum absolute atomic E-state index is 0.0555. The standard InChI is InChI=1S/C33H33ClN4O5/c34-26-9-2-1-8-25(26)31(39)36-28(32(40)41)20-21-12-14-24(15-13-21)43-33(42)37-18-16-23(17-19-37)38-29-11-4-3-10-27(29)35-30(38)22-6-5-7-22/h1-4,8-15,23,28,35H,5-7,16-20H2,(H,36,39)(H,40,41). The van der Waals surface area contributed by atoms with Crippen molar-refractivity contribution in [2.75, 3.05) is 23.3 Å². The van der Waals surface area contributed by atoms with Gasteiger partial charge in [-0.2, -0.15) is 0 Å². The number of amides is 2. The number of nitrogens with one attached hydrogen (secondary N) is 2. The molecule has 43 heavy (non-hydrogen) atoms. The van der Waals surface area contributed by atoms with E-state index in [-0.39, 0.29) is 17.0 Å². The molecular weight excluding hydrogens is 568 g/mol. The van der Waals surface area contributed by atoms with Crippen LogP contribution in [0.4, 0.5) is 16.2 Å². The van der Waals surface area contributed by atoms with Crippen LogP contribution in [-0.4, -0.2) is 53.1 Å². The Morgan fingerprint density at radius 3 is 2.35 bits per heavy atom. The predicted molar refractivity (Wildman–Crippen MR) is 165 cm³/mol. The number of allylic oxidation sites excluding steroid dienone is 1. The summed E-state index contributed by atoms with van der Waals surface area (Å²) in [5.41, 5.74) is 4.69. The summed E-state index contributed by atoms with van der Waals surface area (Å²) in [5, 5.41) is 16.1. The van der Waals surface area contributed by atoms with E-state index in [4.69, 9.17) is 16.3 Å². The maximum atomic E-state index is 13.0. The van der Waals surface area contributed by atoms with Crippen molar-refractivity contribution in [1.29, 1.82) is 0 Å². The van der Waals surface area contributed by atoms with Crippen LogP contribution in [0, 0.1) is 0 Å². The van der Waals surface area contributed by atoms with E-state index in [0.717, 1.165) is 31.4 Å². The summed E-state index contributed by atoms with van der Waals surface area (Å²) in [6.07, 6.45) is 4.81. The Kier molecular flexibility index (Phi) is 8.24. The number of piperidine rings is 1. The molecule has 2 amide bonds. The number of carbonyl (C=O) groups is 3. The lowest BCUT2D eigenvalue weighted by atomic mass is 9.91. The monoisotopic (exact) mass is 600 g/mol. The van der Waals surface area contributed by atoms with Crippen LogP contribution in [0.5, 0.6) is 5.75 Å². The molecule has 3 aromatic rings. The molecule has 10 heteroatoms. The molecule has 1 saturated carbocycles. The van der Waals surface area contributed by atoms with Gasteiger partial charge in [-0.1, -0.05) is 48.0 Å². The molecule has 2 aliphatic heterocycles. The lowest BCUT2D eigenvalue weighted by molar-refractivity contribution is -0.139. The first-order chi connectivity index (χ1) is 20.9. The third-order valence-corrected chi connectivity index (χ3v) is 8.66. The Morgan fingerprint density at radius 2 is 1.67 bits per heavy atom. The predicted octanol–water partition coefficient (Wildman–Crippen LogP) is 6.06. The van der Waals surface area contributed by atoms with Gasteiger partial charge in [0.15, 0.2) is 0 Å². The number of para-hydroxylation sites is 2. The number of benzene rings is 3. The fourth-order valence-corrected chi connectivity index (χ4v) is 6.03. The molecule has 3 aliphatic rings. The molecule has 3 aromatic carbocycles. The normalized spacial score (nSPS) is 17.0. The lowest BCUT2D eigenvalue weighted by Gasteiger charge is -2.39. The molecule has 9 nitrogen and oxygen atoms in total. The number of rotatable bonds is 7. The van der Waals surface area contributed by atoms with Crippen LogP contribution in [0.2, 0.25) is 5.02 Å². The van der Waals surface area contributed by atoms with E-state index in [0.29, 0.717) is 30.4 Å². The van der Waals surface area contributed by atoms with Crippen LogP contribution in [0.25, 0.3) is 0 Å². The van der Waals surface area contributed by atoms with Crippen LogP contribution < -0.4 is 20.3 Å². The summed E-state index contributed by atoms with van der Waals surface area (Å²) in [5.74, 6) is -0.128. The molecule has 2 fully saturated rings. The number of halogens is 1. The van der Waals surface area contributed by atoms with Gasteiger partial charge < -0.3 is 30.3 Å². The van der Waals surface area contributed by atoms with Crippen molar-refractivity contribution in [3.05, 3.63) is 100 Å². The van der Waals surface area contributed by atoms with E-state index in [9.17, 15) is 19.5 Å². The molecular formula is C33H33ClN4O5.